The molecule has 0 saturated heterocycles. The zero-order valence-electron chi connectivity index (χ0n) is 33.4. The average molecular weight is 872 g/mol. The summed E-state index contributed by atoms with van der Waals surface area (Å²) in [4.78, 5) is 2.15. The third-order valence-corrected chi connectivity index (χ3v) is 15.2. The predicted molar refractivity (Wildman–Crippen MR) is 241 cm³/mol. The number of hydrogen-bond donors (Lipinski definition) is 0. The minimum absolute atomic E-state index is 0. The molecule has 0 spiro atoms. The average Bonchev–Trinajstić information content (AvgIpc) is 3.24. The van der Waals surface area contributed by atoms with Crippen molar-refractivity contribution in [1.82, 2.24) is 4.90 Å². The van der Waals surface area contributed by atoms with Crippen molar-refractivity contribution in [3.05, 3.63) is 193 Å². The van der Waals surface area contributed by atoms with Crippen LogP contribution in [-0.4, -0.2) is 38.3 Å². The molecule has 0 aliphatic heterocycles. The molecule has 0 unspecified atom stereocenters. The van der Waals surface area contributed by atoms with E-state index in [4.69, 9.17) is 4.74 Å². The number of likely N-dealkylation sites (N-methyl/N-ethyl adjacent to an activating group) is 1. The molecule has 6 aromatic carbocycles. The molecular formula is C52H59INOP. The maximum absolute atomic E-state index is 6.05. The van der Waals surface area contributed by atoms with Crippen LogP contribution in [0.1, 0.15) is 74.5 Å². The number of benzene rings is 6. The molecule has 56 heavy (non-hydrogen) atoms. The van der Waals surface area contributed by atoms with Gasteiger partial charge in [-0.2, -0.15) is 0 Å². The Morgan fingerprint density at radius 2 is 0.839 bits per heavy atom. The van der Waals surface area contributed by atoms with E-state index in [0.29, 0.717) is 6.61 Å². The first-order valence-electron chi connectivity index (χ1n) is 20.4. The first kappa shape index (κ1) is 43.1. The largest absolute Gasteiger partial charge is 1.00 e. The Bertz CT molecular complexity index is 1890. The van der Waals surface area contributed by atoms with E-state index in [2.05, 4.69) is 195 Å². The molecule has 4 heteroatoms. The number of unbranched alkanes of at least 4 members (excludes halogenated alkanes) is 7. The van der Waals surface area contributed by atoms with Crippen molar-refractivity contribution in [3.63, 3.8) is 0 Å². The highest BCUT2D eigenvalue weighted by Gasteiger charge is 2.44. The third-order valence-electron chi connectivity index (χ3n) is 10.7. The Balaban J connectivity index is 0.00000600. The zero-order valence-corrected chi connectivity index (χ0v) is 36.5. The summed E-state index contributed by atoms with van der Waals surface area (Å²) in [5.41, 5.74) is 6.57. The monoisotopic (exact) mass is 871 g/mol. The van der Waals surface area contributed by atoms with Crippen LogP contribution in [0.15, 0.2) is 176 Å². The van der Waals surface area contributed by atoms with E-state index in [-0.39, 0.29) is 24.0 Å². The molecule has 6 aromatic rings. The Morgan fingerprint density at radius 1 is 0.446 bits per heavy atom. The predicted octanol–water partition coefficient (Wildman–Crippen LogP) is 9.10. The molecule has 0 amide bonds. The Kier molecular flexibility index (Phi) is 17.9. The van der Waals surface area contributed by atoms with E-state index < -0.39 is 7.26 Å². The third kappa shape index (κ3) is 12.0. The van der Waals surface area contributed by atoms with Crippen LogP contribution in [0, 0.1) is 0 Å². The first-order valence-corrected chi connectivity index (χ1v) is 22.4. The van der Waals surface area contributed by atoms with Crippen molar-refractivity contribution in [1.29, 1.82) is 0 Å². The SMILES string of the molecule is CN(C)CCOc1ccc(/C(=C(/CCCCCCCCCC[P+](c2ccccc2)(c2ccccc2)c2ccccc2)c2ccccc2)c2ccccc2)cc1.[I-]. The molecule has 0 heterocycles. The van der Waals surface area contributed by atoms with E-state index in [1.54, 1.807) is 0 Å². The lowest BCUT2D eigenvalue weighted by Crippen LogP contribution is -3.00. The fourth-order valence-electron chi connectivity index (χ4n) is 7.83. The Morgan fingerprint density at radius 3 is 1.30 bits per heavy atom. The van der Waals surface area contributed by atoms with Gasteiger partial charge in [-0.15, -0.1) is 0 Å². The second-order valence-corrected chi connectivity index (χ2v) is 18.5. The number of nitrogens with zero attached hydrogens (tertiary/aromatic N) is 1. The summed E-state index contributed by atoms with van der Waals surface area (Å²) in [5, 5.41) is 4.48. The zero-order chi connectivity index (χ0) is 38.0. The van der Waals surface area contributed by atoms with Crippen molar-refractivity contribution < 1.29 is 28.7 Å². The van der Waals surface area contributed by atoms with Crippen molar-refractivity contribution in [2.75, 3.05) is 33.4 Å². The quantitative estimate of drug-likeness (QED) is 0.0310. The van der Waals surface area contributed by atoms with Gasteiger partial charge in [0.05, 0.1) is 6.16 Å². The van der Waals surface area contributed by atoms with Gasteiger partial charge in [0.1, 0.15) is 35.5 Å². The van der Waals surface area contributed by atoms with Crippen LogP contribution in [-0.2, 0) is 0 Å². The van der Waals surface area contributed by atoms with Gasteiger partial charge < -0.3 is 33.6 Å². The molecule has 0 radical (unpaired) electrons. The van der Waals surface area contributed by atoms with Gasteiger partial charge >= 0.3 is 0 Å². The van der Waals surface area contributed by atoms with Crippen LogP contribution in [0.3, 0.4) is 0 Å². The number of hydrogen-bond acceptors (Lipinski definition) is 2. The van der Waals surface area contributed by atoms with Crippen molar-refractivity contribution >= 4 is 34.3 Å². The Labute approximate surface area is 355 Å². The lowest BCUT2D eigenvalue weighted by molar-refractivity contribution is -0.0000115. The van der Waals surface area contributed by atoms with E-state index in [1.165, 1.54) is 101 Å². The lowest BCUT2D eigenvalue weighted by Gasteiger charge is -2.27. The fourth-order valence-corrected chi connectivity index (χ4v) is 12.2. The summed E-state index contributed by atoms with van der Waals surface area (Å²) >= 11 is 0. The molecule has 0 aliphatic carbocycles. The van der Waals surface area contributed by atoms with Gasteiger partial charge in [0.25, 0.3) is 0 Å². The van der Waals surface area contributed by atoms with Crippen LogP contribution in [0.2, 0.25) is 0 Å². The van der Waals surface area contributed by atoms with Crippen LogP contribution >= 0.6 is 7.26 Å². The Hall–Kier alpha value is -4.02. The molecule has 0 fully saturated rings. The molecule has 0 N–H and O–H groups in total. The molecule has 0 aromatic heterocycles. The molecular weight excluding hydrogens is 812 g/mol. The highest BCUT2D eigenvalue weighted by Crippen LogP contribution is 2.56. The summed E-state index contributed by atoms with van der Waals surface area (Å²) in [6.45, 7) is 1.58. The van der Waals surface area contributed by atoms with Crippen LogP contribution in [0.25, 0.3) is 11.1 Å². The summed E-state index contributed by atoms with van der Waals surface area (Å²) in [7, 11) is 2.42. The number of rotatable bonds is 21. The molecule has 2 nitrogen and oxygen atoms in total. The summed E-state index contributed by atoms with van der Waals surface area (Å²) in [6, 6.07) is 64.7. The summed E-state index contributed by atoms with van der Waals surface area (Å²) in [6.07, 6.45) is 12.5. The smallest absolute Gasteiger partial charge is 0.119 e. The van der Waals surface area contributed by atoms with E-state index in [0.717, 1.165) is 18.7 Å². The number of allylic oxidation sites excluding steroid dienone is 1. The highest BCUT2D eigenvalue weighted by atomic mass is 127. The van der Waals surface area contributed by atoms with E-state index in [1.807, 2.05) is 0 Å². The fraction of sp³-hybridized carbons (Fsp3) is 0.269. The maximum Gasteiger partial charge on any atom is 0.119 e. The van der Waals surface area contributed by atoms with Gasteiger partial charge in [-0.25, -0.2) is 0 Å². The minimum atomic E-state index is -1.73. The standard InChI is InChI=1S/C52H59NOP.HI/c1-53(2)41-42-54-47-39-37-46(38-40-47)52(45-28-16-10-17-29-45)51(44-26-14-9-15-27-44)36-24-7-5-3-4-6-8-25-43-55(48-30-18-11-19-31-48,49-32-20-12-21-33-49)50-34-22-13-23-35-50;/h9-23,26-35,37-40H,3-8,24-25,36,41-43H2,1-2H3;1H/q+1;/p-1/b52-51-;. The van der Waals surface area contributed by atoms with Crippen LogP contribution < -0.4 is 44.6 Å². The summed E-state index contributed by atoms with van der Waals surface area (Å²) in [5.74, 6) is 0.920. The van der Waals surface area contributed by atoms with Crippen molar-refractivity contribution in [2.24, 2.45) is 0 Å². The maximum atomic E-state index is 6.05. The van der Waals surface area contributed by atoms with Gasteiger partial charge in [0, 0.05) is 6.54 Å². The minimum Gasteiger partial charge on any atom is -1.00 e. The van der Waals surface area contributed by atoms with Gasteiger partial charge in [-0.3, -0.25) is 0 Å². The number of ether oxygens (including phenoxy) is 1. The van der Waals surface area contributed by atoms with E-state index >= 15 is 0 Å². The number of halogens is 1. The first-order chi connectivity index (χ1) is 27.1. The molecule has 0 aliphatic rings. The van der Waals surface area contributed by atoms with Gasteiger partial charge in [0.2, 0.25) is 0 Å². The molecule has 290 valence electrons. The second kappa shape index (κ2) is 23.3. The molecule has 0 bridgehead atoms. The van der Waals surface area contributed by atoms with Crippen LogP contribution in [0.4, 0.5) is 0 Å². The molecule has 6 rings (SSSR count). The topological polar surface area (TPSA) is 12.5 Å². The highest BCUT2D eigenvalue weighted by molar-refractivity contribution is 7.95. The van der Waals surface area contributed by atoms with Crippen molar-refractivity contribution in [2.45, 2.75) is 57.8 Å². The second-order valence-electron chi connectivity index (χ2n) is 14.9. The van der Waals surface area contributed by atoms with Crippen molar-refractivity contribution in [3.8, 4) is 5.75 Å². The van der Waals surface area contributed by atoms with Crippen LogP contribution in [0.5, 0.6) is 5.75 Å². The molecule has 0 atom stereocenters. The molecule has 0 saturated carbocycles. The van der Waals surface area contributed by atoms with Gasteiger partial charge in [0.15, 0.2) is 0 Å². The van der Waals surface area contributed by atoms with E-state index in [9.17, 15) is 0 Å². The normalized spacial score (nSPS) is 11.8. The van der Waals surface area contributed by atoms with Gasteiger partial charge in [-0.05, 0) is 116 Å². The van der Waals surface area contributed by atoms with Gasteiger partial charge in [-0.1, -0.05) is 159 Å². The lowest BCUT2D eigenvalue weighted by atomic mass is 9.86. The summed E-state index contributed by atoms with van der Waals surface area (Å²) < 4.78 is 6.05.